The number of halogens is 3. The molecule has 0 radical (unpaired) electrons. The molecule has 0 aliphatic carbocycles. The number of rotatable bonds is 7. The molecule has 27 heavy (non-hydrogen) atoms. The molecule has 0 fully saturated rings. The van der Waals surface area contributed by atoms with Crippen molar-refractivity contribution in [2.45, 2.75) is 19.5 Å². The molecule has 1 aromatic carbocycles. The topological polar surface area (TPSA) is 114 Å². The van der Waals surface area contributed by atoms with E-state index in [9.17, 15) is 32.3 Å². The lowest BCUT2D eigenvalue weighted by Crippen LogP contribution is -2.42. The maximum absolute atomic E-state index is 12.4. The fourth-order valence-electron chi connectivity index (χ4n) is 1.71. The third kappa shape index (κ3) is 8.21. The van der Waals surface area contributed by atoms with Crippen molar-refractivity contribution in [1.82, 2.24) is 16.0 Å². The third-order valence-corrected chi connectivity index (χ3v) is 3.02. The van der Waals surface area contributed by atoms with Crippen LogP contribution in [0.3, 0.4) is 0 Å². The first-order valence-corrected chi connectivity index (χ1v) is 7.82. The first-order chi connectivity index (χ1) is 12.6. The highest BCUT2D eigenvalue weighted by molar-refractivity contribution is 5.97. The maximum Gasteiger partial charge on any atom is 0.416 e. The number of ether oxygens (including phenoxy) is 1. The number of nitrogens with one attached hydrogen (secondary N) is 3. The molecule has 0 spiro atoms. The van der Waals surface area contributed by atoms with E-state index in [1.165, 1.54) is 0 Å². The van der Waals surface area contributed by atoms with Gasteiger partial charge in [0.2, 0.25) is 0 Å². The number of amides is 4. The van der Waals surface area contributed by atoms with Crippen LogP contribution in [0.25, 0.3) is 0 Å². The van der Waals surface area contributed by atoms with Crippen molar-refractivity contribution in [1.29, 1.82) is 0 Å². The summed E-state index contributed by atoms with van der Waals surface area (Å²) < 4.78 is 41.9. The van der Waals surface area contributed by atoms with Gasteiger partial charge < -0.3 is 15.4 Å². The van der Waals surface area contributed by atoms with Gasteiger partial charge in [0, 0.05) is 12.1 Å². The molecule has 0 aliphatic heterocycles. The Balaban J connectivity index is 2.36. The zero-order chi connectivity index (χ0) is 20.4. The third-order valence-electron chi connectivity index (χ3n) is 3.02. The van der Waals surface area contributed by atoms with Gasteiger partial charge in [-0.1, -0.05) is 6.92 Å². The Bertz CT molecular complexity index is 690. The first kappa shape index (κ1) is 21.9. The van der Waals surface area contributed by atoms with Crippen LogP contribution >= 0.6 is 0 Å². The van der Waals surface area contributed by atoms with Gasteiger partial charge in [0.15, 0.2) is 6.61 Å². The highest BCUT2D eigenvalue weighted by Gasteiger charge is 2.30. The van der Waals surface area contributed by atoms with Crippen molar-refractivity contribution in [3.8, 4) is 0 Å². The van der Waals surface area contributed by atoms with Gasteiger partial charge >= 0.3 is 18.2 Å². The van der Waals surface area contributed by atoms with Gasteiger partial charge in [0.05, 0.1) is 5.56 Å². The van der Waals surface area contributed by atoms with E-state index in [1.54, 1.807) is 0 Å². The van der Waals surface area contributed by atoms with Crippen molar-refractivity contribution in [3.63, 3.8) is 0 Å². The molecule has 8 nitrogen and oxygen atoms in total. The minimum atomic E-state index is -4.52. The molecule has 0 aliphatic rings. The molecule has 0 aromatic heterocycles. The van der Waals surface area contributed by atoms with Crippen molar-refractivity contribution < 1.29 is 37.1 Å². The van der Waals surface area contributed by atoms with E-state index in [1.807, 2.05) is 12.2 Å². The van der Waals surface area contributed by atoms with Gasteiger partial charge in [-0.25, -0.2) is 4.79 Å². The van der Waals surface area contributed by atoms with E-state index in [0.717, 1.165) is 24.3 Å². The number of esters is 1. The maximum atomic E-state index is 12.4. The number of carbonyl (C=O) groups is 4. The van der Waals surface area contributed by atoms with Crippen molar-refractivity contribution in [2.75, 3.05) is 19.7 Å². The molecule has 1 aromatic rings. The van der Waals surface area contributed by atoms with Crippen LogP contribution in [-0.4, -0.2) is 43.5 Å². The summed E-state index contributed by atoms with van der Waals surface area (Å²) in [5.74, 6) is -2.60. The van der Waals surface area contributed by atoms with Gasteiger partial charge in [0.1, 0.15) is 6.54 Å². The Morgan fingerprint density at radius 3 is 2.22 bits per heavy atom. The molecule has 4 amide bonds. The monoisotopic (exact) mass is 389 g/mol. The smallest absolute Gasteiger partial charge is 0.416 e. The fraction of sp³-hybridized carbons (Fsp3) is 0.375. The Labute approximate surface area is 152 Å². The van der Waals surface area contributed by atoms with Crippen LogP contribution in [-0.2, 0) is 20.5 Å². The van der Waals surface area contributed by atoms with Gasteiger partial charge in [-0.05, 0) is 30.7 Å². The molecular weight excluding hydrogens is 371 g/mol. The van der Waals surface area contributed by atoms with Crippen LogP contribution < -0.4 is 16.0 Å². The summed E-state index contributed by atoms with van der Waals surface area (Å²) in [6.07, 6.45) is -3.85. The van der Waals surface area contributed by atoms with E-state index in [4.69, 9.17) is 0 Å². The Kier molecular flexibility index (Phi) is 8.24. The number of imide groups is 1. The Morgan fingerprint density at radius 2 is 1.67 bits per heavy atom. The van der Waals surface area contributed by atoms with Crippen molar-refractivity contribution in [2.24, 2.45) is 0 Å². The highest BCUT2D eigenvalue weighted by Crippen LogP contribution is 2.28. The minimum absolute atomic E-state index is 0.0823. The summed E-state index contributed by atoms with van der Waals surface area (Å²) in [6, 6.07) is 2.67. The second-order valence-corrected chi connectivity index (χ2v) is 5.22. The van der Waals surface area contributed by atoms with E-state index in [0.29, 0.717) is 13.0 Å². The minimum Gasteiger partial charge on any atom is -0.454 e. The van der Waals surface area contributed by atoms with Gasteiger partial charge in [-0.3, -0.25) is 19.7 Å². The summed E-state index contributed by atoms with van der Waals surface area (Å²) in [5, 5.41) is 6.46. The lowest BCUT2D eigenvalue weighted by molar-refractivity contribution is -0.147. The van der Waals surface area contributed by atoms with Crippen molar-refractivity contribution in [3.05, 3.63) is 35.4 Å². The van der Waals surface area contributed by atoms with Crippen LogP contribution in [0.15, 0.2) is 24.3 Å². The Morgan fingerprint density at radius 1 is 1.04 bits per heavy atom. The van der Waals surface area contributed by atoms with Gasteiger partial charge in [-0.2, -0.15) is 13.2 Å². The quantitative estimate of drug-likeness (QED) is 0.607. The number of alkyl halides is 3. The molecule has 0 heterocycles. The second-order valence-electron chi connectivity index (χ2n) is 5.22. The fourth-order valence-corrected chi connectivity index (χ4v) is 1.71. The lowest BCUT2D eigenvalue weighted by Gasteiger charge is -2.09. The molecule has 11 heteroatoms. The Hall–Kier alpha value is -3.11. The predicted octanol–water partition coefficient (Wildman–Crippen LogP) is 1.21. The summed E-state index contributed by atoms with van der Waals surface area (Å²) in [5.41, 5.74) is -0.992. The summed E-state index contributed by atoms with van der Waals surface area (Å²) in [7, 11) is 0. The first-order valence-electron chi connectivity index (χ1n) is 7.82. The number of benzene rings is 1. The summed E-state index contributed by atoms with van der Waals surface area (Å²) in [4.78, 5) is 45.8. The van der Waals surface area contributed by atoms with Crippen LogP contribution in [0, 0.1) is 0 Å². The molecule has 0 bridgehead atoms. The van der Waals surface area contributed by atoms with Crippen LogP contribution in [0.5, 0.6) is 0 Å². The predicted molar refractivity (Wildman–Crippen MR) is 86.6 cm³/mol. The van der Waals surface area contributed by atoms with Crippen LogP contribution in [0.2, 0.25) is 0 Å². The standard InChI is InChI=1S/C16H18F3N3O5/c1-2-7-20-15(26)22-12(23)9-27-13(24)8-21-14(25)10-3-5-11(6-4-10)16(17,18)19/h3-6H,2,7-9H2,1H3,(H,21,25)(H2,20,22,23,26). The molecule has 148 valence electrons. The van der Waals surface area contributed by atoms with E-state index >= 15 is 0 Å². The van der Waals surface area contributed by atoms with Crippen LogP contribution in [0.1, 0.15) is 29.3 Å². The molecule has 0 saturated heterocycles. The average Bonchev–Trinajstić information content (AvgIpc) is 2.62. The largest absolute Gasteiger partial charge is 0.454 e. The zero-order valence-corrected chi connectivity index (χ0v) is 14.3. The average molecular weight is 389 g/mol. The van der Waals surface area contributed by atoms with Crippen molar-refractivity contribution >= 4 is 23.8 Å². The van der Waals surface area contributed by atoms with Crippen LogP contribution in [0.4, 0.5) is 18.0 Å². The number of hydrogen-bond acceptors (Lipinski definition) is 5. The van der Waals surface area contributed by atoms with E-state index in [-0.39, 0.29) is 5.56 Å². The second kappa shape index (κ2) is 10.1. The number of urea groups is 1. The highest BCUT2D eigenvalue weighted by atomic mass is 19.4. The molecule has 0 unspecified atom stereocenters. The normalized spacial score (nSPS) is 10.7. The molecular formula is C16H18F3N3O5. The summed E-state index contributed by atoms with van der Waals surface area (Å²) >= 11 is 0. The van der Waals surface area contributed by atoms with Gasteiger partial charge in [-0.15, -0.1) is 0 Å². The molecule has 0 saturated carbocycles. The van der Waals surface area contributed by atoms with Gasteiger partial charge in [0.25, 0.3) is 11.8 Å². The van der Waals surface area contributed by atoms with E-state index in [2.05, 4.69) is 15.4 Å². The molecule has 3 N–H and O–H groups in total. The molecule has 0 atom stereocenters. The number of carbonyl (C=O) groups excluding carboxylic acids is 4. The zero-order valence-electron chi connectivity index (χ0n) is 14.3. The SMILES string of the molecule is CCCNC(=O)NC(=O)COC(=O)CNC(=O)c1ccc(C(F)(F)F)cc1. The number of hydrogen-bond donors (Lipinski definition) is 3. The summed E-state index contributed by atoms with van der Waals surface area (Å²) in [6.45, 7) is 0.863. The lowest BCUT2D eigenvalue weighted by atomic mass is 10.1. The molecule has 1 rings (SSSR count). The van der Waals surface area contributed by atoms with E-state index < -0.39 is 48.7 Å².